The summed E-state index contributed by atoms with van der Waals surface area (Å²) in [6.45, 7) is 2.98. The minimum Gasteiger partial charge on any atom is -0.406 e. The van der Waals surface area contributed by atoms with Crippen molar-refractivity contribution in [2.24, 2.45) is 0 Å². The summed E-state index contributed by atoms with van der Waals surface area (Å²) in [6, 6.07) is 16.8. The summed E-state index contributed by atoms with van der Waals surface area (Å²) in [4.78, 5) is 29.4. The van der Waals surface area contributed by atoms with Crippen LogP contribution < -0.4 is 25.6 Å². The summed E-state index contributed by atoms with van der Waals surface area (Å²) in [5.74, 6) is -0.123. The van der Waals surface area contributed by atoms with Crippen molar-refractivity contribution >= 4 is 57.0 Å². The van der Waals surface area contributed by atoms with Crippen molar-refractivity contribution in [3.63, 3.8) is 0 Å². The van der Waals surface area contributed by atoms with Crippen LogP contribution in [0.25, 0.3) is 0 Å². The van der Waals surface area contributed by atoms with Gasteiger partial charge in [-0.05, 0) is 60.7 Å². The second-order valence-corrected chi connectivity index (χ2v) is 15.9. The zero-order valence-corrected chi connectivity index (χ0v) is 30.7. The summed E-state index contributed by atoms with van der Waals surface area (Å²) >= 11 is 12.3. The Balaban J connectivity index is 1.15. The number of hydrogen-bond donors (Lipinski definition) is 3. The predicted molar refractivity (Wildman–Crippen MR) is 194 cm³/mol. The van der Waals surface area contributed by atoms with Crippen molar-refractivity contribution < 1.29 is 31.1 Å². The van der Waals surface area contributed by atoms with Crippen molar-refractivity contribution in [2.45, 2.75) is 61.5 Å². The maximum absolute atomic E-state index is 13.7. The van der Waals surface area contributed by atoms with Gasteiger partial charge in [-0.15, -0.1) is 13.2 Å². The zero-order valence-electron chi connectivity index (χ0n) is 28.3. The molecule has 7 rings (SSSR count). The molecule has 3 N–H and O–H groups in total. The lowest BCUT2D eigenvalue weighted by Gasteiger charge is -2.34. The van der Waals surface area contributed by atoms with Gasteiger partial charge in [-0.3, -0.25) is 4.79 Å². The SMILES string of the molecule is CCNC(=O)C1(Nc2nc(NCCc3ccc(Cl)c(Cl)c3)nc(N3C[C@@H]4C[C@H]3CN4S(=O)(=O)c3cccc(OC(F)(F)F)c3)n2)Cc2ccccc2C1. The smallest absolute Gasteiger partial charge is 0.406 e. The monoisotopic (exact) mass is 790 g/mol. The Kier molecular flexibility index (Phi) is 10.1. The standard InChI is InChI=1S/C35H35Cl2F3N8O4S/c1-2-41-30(49)34(17-22-6-3-4-7-23(22)18-34)46-32-43-31(42-13-12-21-10-11-28(36)29(37)14-21)44-33(45-32)47-19-25-15-24(47)20-48(25)53(50,51)27-9-5-8-26(16-27)52-35(38,39)40/h3-11,14,16,24-25H,2,12-13,15,17-20H2,1H3,(H,41,49)(H2,42,43,44,45,46)/t24-,25-/m0/s1. The Labute approximate surface area is 314 Å². The van der Waals surface area contributed by atoms with Gasteiger partial charge in [0, 0.05) is 57.2 Å². The lowest BCUT2D eigenvalue weighted by Crippen LogP contribution is -2.54. The summed E-state index contributed by atoms with van der Waals surface area (Å²) in [7, 11) is -4.16. The Bertz CT molecular complexity index is 2120. The first-order valence-electron chi connectivity index (χ1n) is 16.9. The minimum absolute atomic E-state index is 0.0596. The number of fused-ring (bicyclic) bond motifs is 3. The Morgan fingerprint density at radius 3 is 2.34 bits per heavy atom. The Hall–Kier alpha value is -4.38. The number of amides is 1. The number of nitrogens with zero attached hydrogens (tertiary/aromatic N) is 5. The molecule has 0 radical (unpaired) electrons. The van der Waals surface area contributed by atoms with Gasteiger partial charge in [0.1, 0.15) is 11.3 Å². The van der Waals surface area contributed by atoms with Gasteiger partial charge < -0.3 is 25.6 Å². The van der Waals surface area contributed by atoms with Crippen LogP contribution in [-0.2, 0) is 34.1 Å². The number of carbonyl (C=O) groups excluding carboxylic acids is 1. The normalized spacial score (nSPS) is 19.2. The predicted octanol–water partition coefficient (Wildman–Crippen LogP) is 5.47. The molecule has 53 heavy (non-hydrogen) atoms. The molecule has 3 heterocycles. The van der Waals surface area contributed by atoms with Gasteiger partial charge in [0.05, 0.1) is 14.9 Å². The molecule has 3 aromatic carbocycles. The summed E-state index contributed by atoms with van der Waals surface area (Å²) in [5.41, 5.74) is 1.94. The molecule has 2 saturated heterocycles. The van der Waals surface area contributed by atoms with Crippen LogP contribution in [0.2, 0.25) is 10.0 Å². The number of sulfonamides is 1. The van der Waals surface area contributed by atoms with E-state index in [1.54, 1.807) is 12.1 Å². The number of aromatic nitrogens is 3. The fourth-order valence-corrected chi connectivity index (χ4v) is 9.26. The number of ether oxygens (including phenoxy) is 1. The maximum Gasteiger partial charge on any atom is 0.573 e. The zero-order chi connectivity index (χ0) is 37.5. The summed E-state index contributed by atoms with van der Waals surface area (Å²) < 4.78 is 71.2. The van der Waals surface area contributed by atoms with Crippen LogP contribution in [-0.4, -0.2) is 83.7 Å². The van der Waals surface area contributed by atoms with Gasteiger partial charge in [-0.1, -0.05) is 59.6 Å². The van der Waals surface area contributed by atoms with Gasteiger partial charge in [-0.2, -0.15) is 19.3 Å². The van der Waals surface area contributed by atoms with E-state index in [2.05, 4.69) is 25.7 Å². The molecule has 280 valence electrons. The molecule has 2 atom stereocenters. The average Bonchev–Trinajstić information content (AvgIpc) is 3.83. The quantitative estimate of drug-likeness (QED) is 0.169. The second-order valence-electron chi connectivity index (χ2n) is 13.2. The molecule has 2 bridgehead atoms. The number of benzene rings is 3. The third-order valence-electron chi connectivity index (χ3n) is 9.62. The van der Waals surface area contributed by atoms with E-state index in [1.165, 1.54) is 16.4 Å². The van der Waals surface area contributed by atoms with Crippen LogP contribution >= 0.6 is 23.2 Å². The first-order chi connectivity index (χ1) is 25.2. The molecule has 1 aromatic heterocycles. The number of nitrogens with one attached hydrogen (secondary N) is 3. The van der Waals surface area contributed by atoms with E-state index in [-0.39, 0.29) is 47.8 Å². The molecule has 4 aromatic rings. The van der Waals surface area contributed by atoms with E-state index in [0.717, 1.165) is 28.8 Å². The van der Waals surface area contributed by atoms with Gasteiger partial charge >= 0.3 is 6.36 Å². The Morgan fingerprint density at radius 2 is 1.68 bits per heavy atom. The van der Waals surface area contributed by atoms with Crippen molar-refractivity contribution in [2.75, 3.05) is 41.7 Å². The first kappa shape index (κ1) is 37.0. The van der Waals surface area contributed by atoms with Gasteiger partial charge in [0.2, 0.25) is 33.8 Å². The molecule has 12 nitrogen and oxygen atoms in total. The lowest BCUT2D eigenvalue weighted by atomic mass is 9.94. The molecule has 3 aliphatic rings. The highest BCUT2D eigenvalue weighted by molar-refractivity contribution is 7.89. The molecule has 2 aliphatic heterocycles. The van der Waals surface area contributed by atoms with E-state index in [0.29, 0.717) is 48.8 Å². The third-order valence-corrected chi connectivity index (χ3v) is 12.3. The summed E-state index contributed by atoms with van der Waals surface area (Å²) in [6.07, 6.45) is -3.13. The van der Waals surface area contributed by atoms with Crippen LogP contribution in [0.4, 0.5) is 31.0 Å². The largest absolute Gasteiger partial charge is 0.573 e. The molecular formula is C35H35Cl2F3N8O4S. The highest BCUT2D eigenvalue weighted by Gasteiger charge is 2.50. The van der Waals surface area contributed by atoms with Gasteiger partial charge in [0.15, 0.2) is 0 Å². The van der Waals surface area contributed by atoms with E-state index in [1.807, 2.05) is 42.2 Å². The number of alkyl halides is 3. The van der Waals surface area contributed by atoms with Crippen molar-refractivity contribution in [3.8, 4) is 5.75 Å². The Morgan fingerprint density at radius 1 is 0.943 bits per heavy atom. The third kappa shape index (κ3) is 7.81. The van der Waals surface area contributed by atoms with Gasteiger partial charge in [-0.25, -0.2) is 8.42 Å². The van der Waals surface area contributed by atoms with E-state index in [4.69, 9.17) is 33.2 Å². The average molecular weight is 792 g/mol. The number of hydrogen-bond acceptors (Lipinski definition) is 10. The first-order valence-corrected chi connectivity index (χ1v) is 19.1. The van der Waals surface area contributed by atoms with Crippen LogP contribution in [0.5, 0.6) is 5.75 Å². The number of halogens is 5. The molecule has 1 aliphatic carbocycles. The number of anilines is 3. The van der Waals surface area contributed by atoms with Crippen LogP contribution in [0, 0.1) is 0 Å². The second kappa shape index (κ2) is 14.5. The van der Waals surface area contributed by atoms with Crippen LogP contribution in [0.3, 0.4) is 0 Å². The minimum atomic E-state index is -4.97. The summed E-state index contributed by atoms with van der Waals surface area (Å²) in [5, 5.41) is 10.5. The topological polar surface area (TPSA) is 142 Å². The van der Waals surface area contributed by atoms with E-state index >= 15 is 0 Å². The number of likely N-dealkylation sites (N-methyl/N-ethyl adjacent to an activating group) is 1. The van der Waals surface area contributed by atoms with E-state index in [9.17, 15) is 26.4 Å². The van der Waals surface area contributed by atoms with Crippen LogP contribution in [0.1, 0.15) is 30.0 Å². The molecule has 0 unspecified atom stereocenters. The molecule has 0 saturated carbocycles. The van der Waals surface area contributed by atoms with Gasteiger partial charge in [0.25, 0.3) is 0 Å². The van der Waals surface area contributed by atoms with Crippen molar-refractivity contribution in [1.82, 2.24) is 24.6 Å². The number of carbonyl (C=O) groups is 1. The molecule has 18 heteroatoms. The fraction of sp³-hybridized carbons (Fsp3) is 0.371. The van der Waals surface area contributed by atoms with Crippen LogP contribution in [0.15, 0.2) is 71.6 Å². The van der Waals surface area contributed by atoms with Crippen molar-refractivity contribution in [3.05, 3.63) is 93.5 Å². The molecule has 0 spiro atoms. The van der Waals surface area contributed by atoms with Crippen molar-refractivity contribution in [1.29, 1.82) is 0 Å². The lowest BCUT2D eigenvalue weighted by molar-refractivity contribution is -0.274. The molecular weight excluding hydrogens is 756 g/mol. The van der Waals surface area contributed by atoms with E-state index < -0.39 is 33.7 Å². The number of piperazine rings is 1. The molecule has 2 fully saturated rings. The maximum atomic E-state index is 13.7. The fourth-order valence-electron chi connectivity index (χ4n) is 7.24. The highest BCUT2D eigenvalue weighted by atomic mass is 35.5. The molecule has 1 amide bonds. The number of rotatable bonds is 12. The highest BCUT2D eigenvalue weighted by Crippen LogP contribution is 2.39.